The van der Waals surface area contributed by atoms with E-state index in [0.717, 1.165) is 11.8 Å². The van der Waals surface area contributed by atoms with Crippen molar-refractivity contribution in [2.24, 2.45) is 11.8 Å². The fourth-order valence-electron chi connectivity index (χ4n) is 2.56. The van der Waals surface area contributed by atoms with Gasteiger partial charge in [0.1, 0.15) is 0 Å². The second-order valence-corrected chi connectivity index (χ2v) is 6.03. The number of likely N-dealkylation sites (tertiary alicyclic amines) is 1. The molecule has 1 aliphatic rings. The number of hydrogen-bond donors (Lipinski definition) is 0. The summed E-state index contributed by atoms with van der Waals surface area (Å²) < 4.78 is 0. The summed E-state index contributed by atoms with van der Waals surface area (Å²) in [6.45, 7) is 17.4. The smallest absolute Gasteiger partial charge is 0.000134 e. The molecule has 2 heteroatoms. The van der Waals surface area contributed by atoms with Gasteiger partial charge in [-0.05, 0) is 64.3 Å². The monoisotopic (exact) mass is 256 g/mol. The standard InChI is InChI=1S/C14H30N2.C2H6/c1-13(2)12-15(4)8-5-9-16-10-6-14(3)7-11-16;1-2/h13-14H,5-12H2,1-4H3;1-2H3. The third-order valence-corrected chi connectivity index (χ3v) is 3.57. The van der Waals surface area contributed by atoms with Crippen molar-refractivity contribution >= 4 is 0 Å². The Morgan fingerprint density at radius 1 is 1.17 bits per heavy atom. The molecule has 0 atom stereocenters. The van der Waals surface area contributed by atoms with Crippen molar-refractivity contribution in [1.29, 1.82) is 0 Å². The molecule has 1 fully saturated rings. The number of nitrogens with zero attached hydrogens (tertiary/aromatic N) is 2. The first-order valence-electron chi connectivity index (χ1n) is 7.99. The zero-order valence-electron chi connectivity index (χ0n) is 13.7. The lowest BCUT2D eigenvalue weighted by Crippen LogP contribution is -2.35. The van der Waals surface area contributed by atoms with Crippen LogP contribution in [0.3, 0.4) is 0 Å². The van der Waals surface area contributed by atoms with Crippen LogP contribution in [0.25, 0.3) is 0 Å². The van der Waals surface area contributed by atoms with E-state index in [1.165, 1.54) is 52.0 Å². The molecule has 0 saturated carbocycles. The highest BCUT2D eigenvalue weighted by Gasteiger charge is 2.14. The van der Waals surface area contributed by atoms with Crippen LogP contribution < -0.4 is 0 Å². The summed E-state index contributed by atoms with van der Waals surface area (Å²) in [6.07, 6.45) is 4.14. The van der Waals surface area contributed by atoms with Crippen molar-refractivity contribution < 1.29 is 0 Å². The Balaban J connectivity index is 0.00000137. The van der Waals surface area contributed by atoms with Gasteiger partial charge in [0.25, 0.3) is 0 Å². The van der Waals surface area contributed by atoms with E-state index >= 15 is 0 Å². The van der Waals surface area contributed by atoms with Crippen molar-refractivity contribution in [1.82, 2.24) is 9.80 Å². The number of piperidine rings is 1. The Morgan fingerprint density at radius 2 is 1.72 bits per heavy atom. The number of hydrogen-bond acceptors (Lipinski definition) is 2. The molecule has 0 N–H and O–H groups in total. The first kappa shape index (κ1) is 17.9. The second kappa shape index (κ2) is 10.8. The molecule has 1 aliphatic heterocycles. The maximum Gasteiger partial charge on any atom is 0.000134 e. The average Bonchev–Trinajstić information content (AvgIpc) is 2.33. The molecule has 0 aromatic carbocycles. The fourth-order valence-corrected chi connectivity index (χ4v) is 2.56. The van der Waals surface area contributed by atoms with E-state index < -0.39 is 0 Å². The average molecular weight is 256 g/mol. The van der Waals surface area contributed by atoms with Crippen LogP contribution in [0.4, 0.5) is 0 Å². The lowest BCUT2D eigenvalue weighted by molar-refractivity contribution is 0.180. The zero-order valence-corrected chi connectivity index (χ0v) is 13.7. The molecular formula is C16H36N2. The molecule has 1 heterocycles. The highest BCUT2D eigenvalue weighted by molar-refractivity contribution is 4.69. The normalized spacial score (nSPS) is 18.0. The van der Waals surface area contributed by atoms with Gasteiger partial charge in [0, 0.05) is 6.54 Å². The van der Waals surface area contributed by atoms with Crippen molar-refractivity contribution in [3.63, 3.8) is 0 Å². The van der Waals surface area contributed by atoms with Crippen LogP contribution in [0, 0.1) is 11.8 Å². The molecule has 0 radical (unpaired) electrons. The Morgan fingerprint density at radius 3 is 2.22 bits per heavy atom. The maximum absolute atomic E-state index is 2.64. The van der Waals surface area contributed by atoms with Crippen molar-refractivity contribution in [2.45, 2.75) is 53.9 Å². The third-order valence-electron chi connectivity index (χ3n) is 3.57. The molecule has 0 aliphatic carbocycles. The molecule has 0 aromatic heterocycles. The van der Waals surface area contributed by atoms with Gasteiger partial charge in [0.2, 0.25) is 0 Å². The van der Waals surface area contributed by atoms with Crippen molar-refractivity contribution in [2.75, 3.05) is 39.8 Å². The van der Waals surface area contributed by atoms with Crippen LogP contribution in [-0.2, 0) is 0 Å². The van der Waals surface area contributed by atoms with E-state index in [4.69, 9.17) is 0 Å². The summed E-state index contributed by atoms with van der Waals surface area (Å²) in [4.78, 5) is 5.11. The van der Waals surface area contributed by atoms with E-state index in [-0.39, 0.29) is 0 Å². The van der Waals surface area contributed by atoms with E-state index in [0.29, 0.717) is 0 Å². The van der Waals surface area contributed by atoms with E-state index in [9.17, 15) is 0 Å². The summed E-state index contributed by atoms with van der Waals surface area (Å²) in [5.41, 5.74) is 0. The minimum atomic E-state index is 0.792. The second-order valence-electron chi connectivity index (χ2n) is 6.03. The third kappa shape index (κ3) is 8.93. The number of rotatable bonds is 6. The predicted octanol–water partition coefficient (Wildman–Crippen LogP) is 3.72. The SMILES string of the molecule is CC.CC(C)CN(C)CCCN1CCC(C)CC1. The van der Waals surface area contributed by atoms with Crippen molar-refractivity contribution in [3.05, 3.63) is 0 Å². The zero-order chi connectivity index (χ0) is 14.0. The van der Waals surface area contributed by atoms with Crippen LogP contribution >= 0.6 is 0 Å². The van der Waals surface area contributed by atoms with Crippen LogP contribution in [-0.4, -0.2) is 49.6 Å². The van der Waals surface area contributed by atoms with Crippen LogP contribution in [0.2, 0.25) is 0 Å². The summed E-state index contributed by atoms with van der Waals surface area (Å²) in [6, 6.07) is 0. The fraction of sp³-hybridized carbons (Fsp3) is 1.00. The lowest BCUT2D eigenvalue weighted by atomic mass is 9.99. The van der Waals surface area contributed by atoms with E-state index in [1.54, 1.807) is 0 Å². The van der Waals surface area contributed by atoms with Gasteiger partial charge in [-0.2, -0.15) is 0 Å². The highest BCUT2D eigenvalue weighted by Crippen LogP contribution is 2.15. The lowest BCUT2D eigenvalue weighted by Gasteiger charge is -2.30. The highest BCUT2D eigenvalue weighted by atomic mass is 15.1. The minimum Gasteiger partial charge on any atom is -0.306 e. The Hall–Kier alpha value is -0.0800. The van der Waals surface area contributed by atoms with Crippen LogP contribution in [0.1, 0.15) is 53.9 Å². The molecule has 0 unspecified atom stereocenters. The molecule has 0 spiro atoms. The summed E-state index contributed by atoms with van der Waals surface area (Å²) >= 11 is 0. The molecule has 2 nitrogen and oxygen atoms in total. The van der Waals surface area contributed by atoms with Gasteiger partial charge in [0.15, 0.2) is 0 Å². The summed E-state index contributed by atoms with van der Waals surface area (Å²) in [5, 5.41) is 0. The van der Waals surface area contributed by atoms with Crippen LogP contribution in [0.15, 0.2) is 0 Å². The quantitative estimate of drug-likeness (QED) is 0.714. The predicted molar refractivity (Wildman–Crippen MR) is 83.1 cm³/mol. The van der Waals surface area contributed by atoms with Gasteiger partial charge < -0.3 is 9.80 Å². The molecule has 0 aromatic rings. The van der Waals surface area contributed by atoms with Crippen LogP contribution in [0.5, 0.6) is 0 Å². The summed E-state index contributed by atoms with van der Waals surface area (Å²) in [5.74, 6) is 1.75. The molecule has 18 heavy (non-hydrogen) atoms. The first-order chi connectivity index (χ1) is 8.58. The Kier molecular flexibility index (Phi) is 10.8. The molecular weight excluding hydrogens is 220 g/mol. The topological polar surface area (TPSA) is 6.48 Å². The Labute approximate surface area is 116 Å². The molecule has 0 bridgehead atoms. The maximum atomic E-state index is 2.64. The first-order valence-corrected chi connectivity index (χ1v) is 7.99. The van der Waals surface area contributed by atoms with Gasteiger partial charge in [0.05, 0.1) is 0 Å². The van der Waals surface area contributed by atoms with Gasteiger partial charge in [-0.15, -0.1) is 0 Å². The summed E-state index contributed by atoms with van der Waals surface area (Å²) in [7, 11) is 2.25. The van der Waals surface area contributed by atoms with E-state index in [2.05, 4.69) is 37.6 Å². The van der Waals surface area contributed by atoms with Gasteiger partial charge in [-0.25, -0.2) is 0 Å². The molecule has 0 amide bonds. The van der Waals surface area contributed by atoms with Gasteiger partial charge in [-0.1, -0.05) is 34.6 Å². The van der Waals surface area contributed by atoms with E-state index in [1.807, 2.05) is 13.8 Å². The Bertz CT molecular complexity index is 172. The largest absolute Gasteiger partial charge is 0.306 e. The van der Waals surface area contributed by atoms with Gasteiger partial charge in [-0.3, -0.25) is 0 Å². The molecule has 110 valence electrons. The minimum absolute atomic E-state index is 0.792. The molecule has 1 saturated heterocycles. The van der Waals surface area contributed by atoms with Crippen molar-refractivity contribution in [3.8, 4) is 0 Å². The van der Waals surface area contributed by atoms with Gasteiger partial charge >= 0.3 is 0 Å². The molecule has 1 rings (SSSR count).